The summed E-state index contributed by atoms with van der Waals surface area (Å²) in [6.45, 7) is -1.53. The van der Waals surface area contributed by atoms with E-state index in [2.05, 4.69) is 16.0 Å². The van der Waals surface area contributed by atoms with Crippen LogP contribution in [-0.2, 0) is 9.59 Å². The van der Waals surface area contributed by atoms with E-state index in [0.717, 1.165) is 6.07 Å². The van der Waals surface area contributed by atoms with Crippen molar-refractivity contribution in [2.75, 3.05) is 13.2 Å². The van der Waals surface area contributed by atoms with Gasteiger partial charge in [0.2, 0.25) is 0 Å². The van der Waals surface area contributed by atoms with Crippen molar-refractivity contribution in [2.45, 2.75) is 55.1 Å². The lowest BCUT2D eigenvalue weighted by Crippen LogP contribution is -2.84. The van der Waals surface area contributed by atoms with Crippen molar-refractivity contribution in [3.05, 3.63) is 57.8 Å². The van der Waals surface area contributed by atoms with E-state index in [1.54, 1.807) is 6.07 Å². The minimum absolute atomic E-state index is 0.00412. The maximum absolute atomic E-state index is 13.5. The highest BCUT2D eigenvalue weighted by Gasteiger charge is 2.69. The Morgan fingerprint density at radius 1 is 1.05 bits per heavy atom. The molecular weight excluding hydrogens is 553 g/mol. The molecule has 3 N–H and O–H groups in total. The smallest absolute Gasteiger partial charge is 0.401 e. The standard InChI is InChI=1S/C25H23Cl2F4N3O4/c26-13-1-4-19-15(5-13)18(32-12-25(29,30)31)7-20(38-19)22(36)34-24-9-23(10-24,11-24)33-21(35)8-37-14-2-3-16(27)17(28)6-14/h1-6,18,20,32H,7-12H2,(H,33,35)(H,34,36)/t18-,20-,23?,24?/m0/s1. The molecule has 2 bridgehead atoms. The van der Waals surface area contributed by atoms with Gasteiger partial charge in [-0.3, -0.25) is 9.59 Å². The molecule has 38 heavy (non-hydrogen) atoms. The first-order chi connectivity index (χ1) is 17.8. The van der Waals surface area contributed by atoms with Gasteiger partial charge in [-0.05, 0) is 49.6 Å². The summed E-state index contributed by atoms with van der Waals surface area (Å²) in [6, 6.07) is 7.70. The van der Waals surface area contributed by atoms with Crippen molar-refractivity contribution in [1.29, 1.82) is 0 Å². The predicted molar refractivity (Wildman–Crippen MR) is 130 cm³/mol. The number of benzene rings is 2. The SMILES string of the molecule is O=C(COc1ccc(Cl)c(F)c1)NC12CC(NC(=O)[C@@H]3C[C@H](NCC(F)(F)F)c4cc(Cl)ccc4O3)(C1)C2. The molecular formula is C25H23Cl2F4N3O4. The van der Waals surface area contributed by atoms with Crippen molar-refractivity contribution in [3.8, 4) is 11.5 Å². The topological polar surface area (TPSA) is 88.7 Å². The highest BCUT2D eigenvalue weighted by Crippen LogP contribution is 2.60. The molecule has 1 heterocycles. The van der Waals surface area contributed by atoms with E-state index < -0.39 is 47.7 Å². The lowest BCUT2D eigenvalue weighted by Gasteiger charge is -2.70. The number of hydrogen-bond donors (Lipinski definition) is 3. The molecule has 0 aromatic heterocycles. The lowest BCUT2D eigenvalue weighted by molar-refractivity contribution is -0.154. The van der Waals surface area contributed by atoms with Crippen molar-refractivity contribution in [2.24, 2.45) is 0 Å². The van der Waals surface area contributed by atoms with Crippen molar-refractivity contribution in [3.63, 3.8) is 0 Å². The third-order valence-corrected chi connectivity index (χ3v) is 7.53. The van der Waals surface area contributed by atoms with E-state index in [1.165, 1.54) is 24.3 Å². The van der Waals surface area contributed by atoms with E-state index in [9.17, 15) is 27.2 Å². The van der Waals surface area contributed by atoms with Gasteiger partial charge in [0.05, 0.1) is 11.6 Å². The summed E-state index contributed by atoms with van der Waals surface area (Å²) in [5.74, 6) is -1.01. The Labute approximate surface area is 225 Å². The first-order valence-electron chi connectivity index (χ1n) is 11.8. The van der Waals surface area contributed by atoms with Gasteiger partial charge in [-0.15, -0.1) is 0 Å². The summed E-state index contributed by atoms with van der Waals surface area (Å²) < 4.78 is 63.1. The monoisotopic (exact) mass is 575 g/mol. The number of rotatable bonds is 8. The first kappa shape index (κ1) is 26.8. The zero-order valence-electron chi connectivity index (χ0n) is 19.8. The lowest BCUT2D eigenvalue weighted by atomic mass is 9.44. The summed E-state index contributed by atoms with van der Waals surface area (Å²) in [4.78, 5) is 25.4. The highest BCUT2D eigenvalue weighted by atomic mass is 35.5. The van der Waals surface area contributed by atoms with Crippen molar-refractivity contribution in [1.82, 2.24) is 16.0 Å². The molecule has 2 atom stereocenters. The zero-order chi connectivity index (χ0) is 27.3. The summed E-state index contributed by atoms with van der Waals surface area (Å²) in [5.41, 5.74) is -0.517. The molecule has 6 rings (SSSR count). The minimum Gasteiger partial charge on any atom is -0.484 e. The molecule has 2 amide bonds. The molecule has 0 radical (unpaired) electrons. The molecule has 4 aliphatic rings. The molecule has 0 saturated heterocycles. The van der Waals surface area contributed by atoms with Crippen molar-refractivity contribution < 1.29 is 36.6 Å². The van der Waals surface area contributed by atoms with Gasteiger partial charge in [0, 0.05) is 40.2 Å². The molecule has 3 saturated carbocycles. The van der Waals surface area contributed by atoms with Crippen LogP contribution in [0.3, 0.4) is 0 Å². The van der Waals surface area contributed by atoms with Crippen LogP contribution in [0.5, 0.6) is 11.5 Å². The number of amides is 2. The summed E-state index contributed by atoms with van der Waals surface area (Å²) in [5, 5.41) is 8.60. The first-order valence-corrected chi connectivity index (χ1v) is 12.6. The van der Waals surface area contributed by atoms with Gasteiger partial charge in [-0.2, -0.15) is 13.2 Å². The molecule has 3 fully saturated rings. The Kier molecular flexibility index (Phi) is 6.90. The van der Waals surface area contributed by atoms with Gasteiger partial charge in [0.15, 0.2) is 12.7 Å². The third kappa shape index (κ3) is 5.64. The number of carbonyl (C=O) groups is 2. The largest absolute Gasteiger partial charge is 0.484 e. The Balaban J connectivity index is 1.13. The Morgan fingerprint density at radius 2 is 1.76 bits per heavy atom. The maximum Gasteiger partial charge on any atom is 0.401 e. The van der Waals surface area contributed by atoms with E-state index >= 15 is 0 Å². The van der Waals surface area contributed by atoms with Crippen LogP contribution < -0.4 is 25.4 Å². The molecule has 0 unspecified atom stereocenters. The molecule has 1 aliphatic heterocycles. The normalized spacial score (nSPS) is 27.2. The summed E-state index contributed by atoms with van der Waals surface area (Å²) in [7, 11) is 0. The van der Waals surface area contributed by atoms with Crippen molar-refractivity contribution >= 4 is 35.0 Å². The number of hydrogen-bond acceptors (Lipinski definition) is 5. The fourth-order valence-electron chi connectivity index (χ4n) is 5.48. The average Bonchev–Trinajstić information content (AvgIpc) is 2.80. The van der Waals surface area contributed by atoms with Gasteiger partial charge < -0.3 is 25.4 Å². The molecule has 2 aromatic rings. The number of ether oxygens (including phenoxy) is 2. The maximum atomic E-state index is 13.5. The summed E-state index contributed by atoms with van der Waals surface area (Å²) in [6.07, 6.45) is -3.92. The highest BCUT2D eigenvalue weighted by molar-refractivity contribution is 6.31. The number of nitrogens with one attached hydrogen (secondary N) is 3. The van der Waals surface area contributed by atoms with Crippen LogP contribution in [-0.4, -0.2) is 48.3 Å². The van der Waals surface area contributed by atoms with Crippen LogP contribution >= 0.6 is 23.2 Å². The number of halogens is 6. The van der Waals surface area contributed by atoms with Crippen LogP contribution in [0.15, 0.2) is 36.4 Å². The van der Waals surface area contributed by atoms with Crippen LogP contribution in [0.1, 0.15) is 37.3 Å². The van der Waals surface area contributed by atoms with E-state index in [4.69, 9.17) is 32.7 Å². The number of alkyl halides is 3. The second-order valence-corrected chi connectivity index (χ2v) is 10.9. The fourth-order valence-corrected chi connectivity index (χ4v) is 5.77. The van der Waals surface area contributed by atoms with Gasteiger partial charge in [-0.25, -0.2) is 4.39 Å². The van der Waals surface area contributed by atoms with Crippen LogP contribution in [0.25, 0.3) is 0 Å². The molecule has 204 valence electrons. The second-order valence-electron chi connectivity index (χ2n) is 10.1. The van der Waals surface area contributed by atoms with E-state index in [0.29, 0.717) is 35.6 Å². The van der Waals surface area contributed by atoms with Crippen LogP contribution in [0, 0.1) is 5.82 Å². The summed E-state index contributed by atoms with van der Waals surface area (Å²) >= 11 is 11.6. The minimum atomic E-state index is -4.42. The van der Waals surface area contributed by atoms with Gasteiger partial charge >= 0.3 is 6.18 Å². The quantitative estimate of drug-likeness (QED) is 0.404. The predicted octanol–water partition coefficient (Wildman–Crippen LogP) is 4.46. The number of fused-ring (bicyclic) bond motifs is 1. The Morgan fingerprint density at radius 3 is 2.45 bits per heavy atom. The van der Waals surface area contributed by atoms with E-state index in [1.807, 2.05) is 0 Å². The van der Waals surface area contributed by atoms with Crippen LogP contribution in [0.2, 0.25) is 10.0 Å². The fraction of sp³-hybridized carbons (Fsp3) is 0.440. The molecule has 2 aromatic carbocycles. The van der Waals surface area contributed by atoms with Gasteiger partial charge in [-0.1, -0.05) is 23.2 Å². The Hall–Kier alpha value is -2.76. The third-order valence-electron chi connectivity index (χ3n) is 6.99. The number of carbonyl (C=O) groups excluding carboxylic acids is 2. The van der Waals surface area contributed by atoms with Gasteiger partial charge in [0.25, 0.3) is 11.8 Å². The molecule has 13 heteroatoms. The second kappa shape index (κ2) is 9.77. The van der Waals surface area contributed by atoms with Gasteiger partial charge in [0.1, 0.15) is 17.3 Å². The Bertz CT molecular complexity index is 1260. The average molecular weight is 576 g/mol. The van der Waals surface area contributed by atoms with Crippen LogP contribution in [0.4, 0.5) is 17.6 Å². The molecule has 7 nitrogen and oxygen atoms in total. The zero-order valence-corrected chi connectivity index (χ0v) is 21.3. The molecule has 0 spiro atoms. The molecule has 3 aliphatic carbocycles. The van der Waals surface area contributed by atoms with E-state index in [-0.39, 0.29) is 29.7 Å².